The fraction of sp³-hybridized carbons (Fsp3) is 0.200. The maximum atomic E-state index is 12.3. The summed E-state index contributed by atoms with van der Waals surface area (Å²) in [5.74, 6) is -0.394. The SMILES string of the molecule is CCN(/C=C(/C#N)C(=O)Nc1cccc(C)c1)Cc1ccccc1. The molecule has 0 aromatic heterocycles. The van der Waals surface area contributed by atoms with E-state index in [9.17, 15) is 10.1 Å². The molecule has 0 atom stereocenters. The summed E-state index contributed by atoms with van der Waals surface area (Å²) in [6, 6.07) is 19.5. The number of carbonyl (C=O) groups excluding carboxylic acids is 1. The van der Waals surface area contributed by atoms with Crippen molar-refractivity contribution in [1.29, 1.82) is 5.26 Å². The van der Waals surface area contributed by atoms with E-state index in [1.165, 1.54) is 0 Å². The number of nitrogens with one attached hydrogen (secondary N) is 1. The van der Waals surface area contributed by atoms with Crippen LogP contribution < -0.4 is 5.32 Å². The Hall–Kier alpha value is -3.06. The number of benzene rings is 2. The minimum Gasteiger partial charge on any atom is -0.372 e. The highest BCUT2D eigenvalue weighted by Crippen LogP contribution is 2.12. The highest BCUT2D eigenvalue weighted by molar-refractivity contribution is 6.06. The monoisotopic (exact) mass is 319 g/mol. The maximum absolute atomic E-state index is 12.3. The van der Waals surface area contributed by atoms with Crippen LogP contribution in [-0.4, -0.2) is 17.4 Å². The molecular formula is C20H21N3O. The van der Waals surface area contributed by atoms with Gasteiger partial charge in [-0.1, -0.05) is 42.5 Å². The molecule has 2 aromatic rings. The fourth-order valence-electron chi connectivity index (χ4n) is 2.31. The number of carbonyl (C=O) groups is 1. The lowest BCUT2D eigenvalue weighted by Crippen LogP contribution is -2.21. The number of nitrogens with zero attached hydrogens (tertiary/aromatic N) is 2. The summed E-state index contributed by atoms with van der Waals surface area (Å²) >= 11 is 0. The second-order valence-electron chi connectivity index (χ2n) is 5.53. The van der Waals surface area contributed by atoms with Gasteiger partial charge in [0, 0.05) is 25.0 Å². The molecule has 0 bridgehead atoms. The molecule has 4 nitrogen and oxygen atoms in total. The topological polar surface area (TPSA) is 56.1 Å². The van der Waals surface area contributed by atoms with Gasteiger partial charge in [-0.05, 0) is 37.1 Å². The lowest BCUT2D eigenvalue weighted by Gasteiger charge is -2.19. The second-order valence-corrected chi connectivity index (χ2v) is 5.53. The first-order valence-electron chi connectivity index (χ1n) is 7.90. The largest absolute Gasteiger partial charge is 0.372 e. The standard InChI is InChI=1S/C20H21N3O/c1-3-23(14-17-9-5-4-6-10-17)15-18(13-21)20(24)22-19-11-7-8-16(2)12-19/h4-12,15H,3,14H2,1-2H3,(H,22,24)/b18-15-. The summed E-state index contributed by atoms with van der Waals surface area (Å²) < 4.78 is 0. The van der Waals surface area contributed by atoms with E-state index in [0.717, 1.165) is 11.1 Å². The highest BCUT2D eigenvalue weighted by atomic mass is 16.1. The van der Waals surface area contributed by atoms with Crippen LogP contribution in [0.15, 0.2) is 66.4 Å². The average molecular weight is 319 g/mol. The van der Waals surface area contributed by atoms with Crippen LogP contribution in [0, 0.1) is 18.3 Å². The number of hydrogen-bond donors (Lipinski definition) is 1. The van der Waals surface area contributed by atoms with E-state index in [1.54, 1.807) is 12.3 Å². The number of aryl methyl sites for hydroxylation is 1. The van der Waals surface area contributed by atoms with Crippen molar-refractivity contribution in [3.63, 3.8) is 0 Å². The van der Waals surface area contributed by atoms with Crippen LogP contribution in [0.5, 0.6) is 0 Å². The molecule has 0 saturated carbocycles. The van der Waals surface area contributed by atoms with Gasteiger partial charge >= 0.3 is 0 Å². The van der Waals surface area contributed by atoms with E-state index in [0.29, 0.717) is 18.8 Å². The van der Waals surface area contributed by atoms with Crippen molar-refractivity contribution in [1.82, 2.24) is 4.90 Å². The van der Waals surface area contributed by atoms with Crippen LogP contribution in [0.4, 0.5) is 5.69 Å². The summed E-state index contributed by atoms with van der Waals surface area (Å²) in [7, 11) is 0. The molecule has 0 radical (unpaired) electrons. The van der Waals surface area contributed by atoms with E-state index in [-0.39, 0.29) is 5.57 Å². The Bertz CT molecular complexity index is 760. The van der Waals surface area contributed by atoms with Gasteiger partial charge in [0.25, 0.3) is 5.91 Å². The van der Waals surface area contributed by atoms with Gasteiger partial charge in [0.1, 0.15) is 11.6 Å². The van der Waals surface area contributed by atoms with E-state index < -0.39 is 5.91 Å². The maximum Gasteiger partial charge on any atom is 0.267 e. The molecule has 0 spiro atoms. The number of amides is 1. The Morgan fingerprint density at radius 2 is 1.96 bits per heavy atom. The van der Waals surface area contributed by atoms with Gasteiger partial charge in [0.15, 0.2) is 0 Å². The van der Waals surface area contributed by atoms with Crippen molar-refractivity contribution in [2.75, 3.05) is 11.9 Å². The van der Waals surface area contributed by atoms with Gasteiger partial charge < -0.3 is 10.2 Å². The Labute approximate surface area is 143 Å². The zero-order valence-electron chi connectivity index (χ0n) is 14.0. The Kier molecular flexibility index (Phi) is 6.16. The molecule has 1 N–H and O–H groups in total. The number of rotatable bonds is 6. The fourth-order valence-corrected chi connectivity index (χ4v) is 2.31. The van der Waals surface area contributed by atoms with Crippen molar-refractivity contribution < 1.29 is 4.79 Å². The molecule has 4 heteroatoms. The predicted molar refractivity (Wildman–Crippen MR) is 96.0 cm³/mol. The third kappa shape index (κ3) is 4.99. The molecule has 0 aliphatic rings. The highest BCUT2D eigenvalue weighted by Gasteiger charge is 2.11. The van der Waals surface area contributed by atoms with Gasteiger partial charge in [-0.2, -0.15) is 5.26 Å². The molecule has 2 aromatic carbocycles. The van der Waals surface area contributed by atoms with E-state index in [1.807, 2.05) is 73.3 Å². The van der Waals surface area contributed by atoms with Crippen molar-refractivity contribution in [2.24, 2.45) is 0 Å². The normalized spacial score (nSPS) is 10.8. The molecule has 122 valence electrons. The second kappa shape index (κ2) is 8.54. The average Bonchev–Trinajstić information content (AvgIpc) is 2.59. The lowest BCUT2D eigenvalue weighted by atomic mass is 10.2. The number of nitriles is 1. The van der Waals surface area contributed by atoms with Crippen LogP contribution in [0.1, 0.15) is 18.1 Å². The third-order valence-corrected chi connectivity index (χ3v) is 3.59. The summed E-state index contributed by atoms with van der Waals surface area (Å²) in [5, 5.41) is 12.1. The van der Waals surface area contributed by atoms with Gasteiger partial charge in [-0.3, -0.25) is 4.79 Å². The van der Waals surface area contributed by atoms with Gasteiger partial charge in [-0.15, -0.1) is 0 Å². The summed E-state index contributed by atoms with van der Waals surface area (Å²) in [5.41, 5.74) is 2.96. The molecule has 0 aliphatic carbocycles. The smallest absolute Gasteiger partial charge is 0.267 e. The van der Waals surface area contributed by atoms with Gasteiger partial charge in [-0.25, -0.2) is 0 Å². The molecule has 0 heterocycles. The Morgan fingerprint density at radius 3 is 2.58 bits per heavy atom. The molecule has 1 amide bonds. The number of hydrogen-bond acceptors (Lipinski definition) is 3. The first kappa shape index (κ1) is 17.3. The molecule has 24 heavy (non-hydrogen) atoms. The predicted octanol–water partition coefficient (Wildman–Crippen LogP) is 3.86. The minimum absolute atomic E-state index is 0.0919. The van der Waals surface area contributed by atoms with E-state index >= 15 is 0 Å². The lowest BCUT2D eigenvalue weighted by molar-refractivity contribution is -0.112. The summed E-state index contributed by atoms with van der Waals surface area (Å²) in [4.78, 5) is 14.3. The molecule has 2 rings (SSSR count). The Morgan fingerprint density at radius 1 is 1.21 bits per heavy atom. The van der Waals surface area contributed by atoms with Crippen LogP contribution >= 0.6 is 0 Å². The quantitative estimate of drug-likeness (QED) is 0.649. The summed E-state index contributed by atoms with van der Waals surface area (Å²) in [6.07, 6.45) is 1.62. The molecule has 0 fully saturated rings. The zero-order chi connectivity index (χ0) is 17.4. The van der Waals surface area contributed by atoms with Crippen molar-refractivity contribution in [3.8, 4) is 6.07 Å². The first-order valence-corrected chi connectivity index (χ1v) is 7.90. The van der Waals surface area contributed by atoms with Crippen molar-refractivity contribution >= 4 is 11.6 Å². The summed E-state index contributed by atoms with van der Waals surface area (Å²) in [6.45, 7) is 5.31. The first-order chi connectivity index (χ1) is 11.6. The van der Waals surface area contributed by atoms with Crippen molar-refractivity contribution in [3.05, 3.63) is 77.5 Å². The number of anilines is 1. The third-order valence-electron chi connectivity index (χ3n) is 3.59. The van der Waals surface area contributed by atoms with Crippen LogP contribution in [0.2, 0.25) is 0 Å². The van der Waals surface area contributed by atoms with Gasteiger partial charge in [0.2, 0.25) is 0 Å². The van der Waals surface area contributed by atoms with Crippen LogP contribution in [0.25, 0.3) is 0 Å². The van der Waals surface area contributed by atoms with Gasteiger partial charge in [0.05, 0.1) is 0 Å². The molecule has 0 saturated heterocycles. The minimum atomic E-state index is -0.394. The molecule has 0 aliphatic heterocycles. The van der Waals surface area contributed by atoms with E-state index in [4.69, 9.17) is 0 Å². The van der Waals surface area contributed by atoms with Crippen molar-refractivity contribution in [2.45, 2.75) is 20.4 Å². The van der Waals surface area contributed by atoms with Crippen LogP contribution in [-0.2, 0) is 11.3 Å². The molecular weight excluding hydrogens is 298 g/mol. The van der Waals surface area contributed by atoms with E-state index in [2.05, 4.69) is 5.32 Å². The Balaban J connectivity index is 2.11. The zero-order valence-corrected chi connectivity index (χ0v) is 14.0. The molecule has 0 unspecified atom stereocenters. The van der Waals surface area contributed by atoms with Crippen LogP contribution in [0.3, 0.4) is 0 Å².